The number of hydrogen-bond donors (Lipinski definition) is 1. The Bertz CT molecular complexity index is 156. The molecule has 0 aromatic carbocycles. The molecule has 0 aromatic rings. The summed E-state index contributed by atoms with van der Waals surface area (Å²) >= 11 is 4.22. The summed E-state index contributed by atoms with van der Waals surface area (Å²) in [6, 6.07) is 0.746. The SMILES string of the molecule is C=C(CS)CN1CCCCC1C. The molecule has 70 valence electrons. The molecular weight excluding hydrogens is 166 g/mol. The molecule has 1 rings (SSSR count). The Labute approximate surface area is 81.2 Å². The van der Waals surface area contributed by atoms with Gasteiger partial charge in [-0.1, -0.05) is 18.6 Å². The number of thiol groups is 1. The fourth-order valence-corrected chi connectivity index (χ4v) is 1.83. The maximum absolute atomic E-state index is 4.22. The molecular formula is C10H19NS. The Morgan fingerprint density at radius 1 is 1.58 bits per heavy atom. The molecule has 0 radical (unpaired) electrons. The summed E-state index contributed by atoms with van der Waals surface area (Å²) in [7, 11) is 0. The number of piperidine rings is 1. The average Bonchev–Trinajstić information content (AvgIpc) is 2.09. The molecule has 2 heteroatoms. The third-order valence-electron chi connectivity index (χ3n) is 2.59. The molecule has 12 heavy (non-hydrogen) atoms. The van der Waals surface area contributed by atoms with Crippen molar-refractivity contribution in [1.82, 2.24) is 4.90 Å². The fraction of sp³-hybridized carbons (Fsp3) is 0.800. The molecule has 0 aromatic heterocycles. The van der Waals surface area contributed by atoms with Crippen LogP contribution >= 0.6 is 12.6 Å². The van der Waals surface area contributed by atoms with Crippen molar-refractivity contribution in [2.75, 3.05) is 18.8 Å². The van der Waals surface area contributed by atoms with Gasteiger partial charge in [0.05, 0.1) is 0 Å². The van der Waals surface area contributed by atoms with Gasteiger partial charge in [0.25, 0.3) is 0 Å². The summed E-state index contributed by atoms with van der Waals surface area (Å²) in [6.45, 7) is 8.58. The highest BCUT2D eigenvalue weighted by molar-refractivity contribution is 7.80. The van der Waals surface area contributed by atoms with Gasteiger partial charge in [-0.3, -0.25) is 4.90 Å². The van der Waals surface area contributed by atoms with Crippen LogP contribution in [0.1, 0.15) is 26.2 Å². The Balaban J connectivity index is 2.33. The number of rotatable bonds is 3. The lowest BCUT2D eigenvalue weighted by atomic mass is 10.0. The molecule has 0 N–H and O–H groups in total. The normalized spacial score (nSPS) is 25.7. The molecule has 0 aliphatic carbocycles. The summed E-state index contributed by atoms with van der Waals surface area (Å²) in [5.74, 6) is 0.823. The molecule has 1 fully saturated rings. The van der Waals surface area contributed by atoms with Crippen molar-refractivity contribution in [3.63, 3.8) is 0 Å². The molecule has 1 nitrogen and oxygen atoms in total. The van der Waals surface area contributed by atoms with Gasteiger partial charge in [-0.05, 0) is 26.3 Å². The first-order valence-corrected chi connectivity index (χ1v) is 5.39. The smallest absolute Gasteiger partial charge is 0.0201 e. The van der Waals surface area contributed by atoms with Crippen LogP contribution in [0.3, 0.4) is 0 Å². The number of nitrogens with zero attached hydrogens (tertiary/aromatic N) is 1. The van der Waals surface area contributed by atoms with E-state index < -0.39 is 0 Å². The average molecular weight is 185 g/mol. The largest absolute Gasteiger partial charge is 0.297 e. The molecule has 1 atom stereocenters. The Kier molecular flexibility index (Phi) is 4.16. The molecule has 0 amide bonds. The second-order valence-corrected chi connectivity index (χ2v) is 4.04. The van der Waals surface area contributed by atoms with Gasteiger partial charge < -0.3 is 0 Å². The van der Waals surface area contributed by atoms with Crippen LogP contribution in [-0.2, 0) is 0 Å². The monoisotopic (exact) mass is 185 g/mol. The van der Waals surface area contributed by atoms with Crippen molar-refractivity contribution in [3.8, 4) is 0 Å². The van der Waals surface area contributed by atoms with Crippen molar-refractivity contribution in [2.45, 2.75) is 32.2 Å². The van der Waals surface area contributed by atoms with Crippen molar-refractivity contribution in [2.24, 2.45) is 0 Å². The first-order valence-electron chi connectivity index (χ1n) is 4.75. The molecule has 1 unspecified atom stereocenters. The second-order valence-electron chi connectivity index (χ2n) is 3.72. The fourth-order valence-electron chi connectivity index (χ4n) is 1.73. The third kappa shape index (κ3) is 2.83. The zero-order valence-electron chi connectivity index (χ0n) is 7.92. The molecule has 1 heterocycles. The number of likely N-dealkylation sites (tertiary alicyclic amines) is 1. The minimum absolute atomic E-state index is 0.746. The van der Waals surface area contributed by atoms with Crippen molar-refractivity contribution in [1.29, 1.82) is 0 Å². The highest BCUT2D eigenvalue weighted by Gasteiger charge is 2.17. The van der Waals surface area contributed by atoms with E-state index in [1.807, 2.05) is 0 Å². The van der Waals surface area contributed by atoms with Gasteiger partial charge in [0.2, 0.25) is 0 Å². The molecule has 1 aliphatic heterocycles. The van der Waals surface area contributed by atoms with Gasteiger partial charge >= 0.3 is 0 Å². The maximum Gasteiger partial charge on any atom is 0.0201 e. The van der Waals surface area contributed by atoms with Crippen LogP contribution in [0.2, 0.25) is 0 Å². The molecule has 0 spiro atoms. The quantitative estimate of drug-likeness (QED) is 0.522. The van der Waals surface area contributed by atoms with Crippen molar-refractivity contribution < 1.29 is 0 Å². The lowest BCUT2D eigenvalue weighted by Gasteiger charge is -2.33. The summed E-state index contributed by atoms with van der Waals surface area (Å²) in [4.78, 5) is 2.52. The van der Waals surface area contributed by atoms with Gasteiger partial charge in [-0.15, -0.1) is 0 Å². The Morgan fingerprint density at radius 3 is 2.92 bits per heavy atom. The van der Waals surface area contributed by atoms with Crippen LogP contribution in [0.15, 0.2) is 12.2 Å². The highest BCUT2D eigenvalue weighted by Crippen LogP contribution is 2.17. The van der Waals surface area contributed by atoms with E-state index in [1.165, 1.54) is 31.4 Å². The Hall–Kier alpha value is 0.0500. The number of hydrogen-bond acceptors (Lipinski definition) is 2. The van der Waals surface area contributed by atoms with Crippen molar-refractivity contribution in [3.05, 3.63) is 12.2 Å². The first kappa shape index (κ1) is 10.1. The van der Waals surface area contributed by atoms with Crippen LogP contribution < -0.4 is 0 Å². The zero-order chi connectivity index (χ0) is 8.97. The maximum atomic E-state index is 4.22. The zero-order valence-corrected chi connectivity index (χ0v) is 8.82. The molecule has 0 saturated carbocycles. The third-order valence-corrected chi connectivity index (χ3v) is 3.04. The standard InChI is InChI=1S/C10H19NS/c1-9(8-12)7-11-6-4-3-5-10(11)2/h10,12H,1,3-8H2,2H3. The van der Waals surface area contributed by atoms with Gasteiger partial charge in [-0.25, -0.2) is 0 Å². The summed E-state index contributed by atoms with van der Waals surface area (Å²) < 4.78 is 0. The lowest BCUT2D eigenvalue weighted by molar-refractivity contribution is 0.175. The van der Waals surface area contributed by atoms with E-state index >= 15 is 0 Å². The van der Waals surface area contributed by atoms with Crippen LogP contribution in [0.5, 0.6) is 0 Å². The van der Waals surface area contributed by atoms with E-state index in [0.717, 1.165) is 18.3 Å². The van der Waals surface area contributed by atoms with E-state index in [-0.39, 0.29) is 0 Å². The van der Waals surface area contributed by atoms with Gasteiger partial charge in [0.1, 0.15) is 0 Å². The van der Waals surface area contributed by atoms with E-state index in [2.05, 4.69) is 31.0 Å². The van der Waals surface area contributed by atoms with Crippen LogP contribution in [0.25, 0.3) is 0 Å². The van der Waals surface area contributed by atoms with E-state index in [9.17, 15) is 0 Å². The van der Waals surface area contributed by atoms with Gasteiger partial charge in [0, 0.05) is 18.3 Å². The molecule has 1 saturated heterocycles. The minimum Gasteiger partial charge on any atom is -0.297 e. The van der Waals surface area contributed by atoms with Crippen LogP contribution in [0.4, 0.5) is 0 Å². The highest BCUT2D eigenvalue weighted by atomic mass is 32.1. The van der Waals surface area contributed by atoms with Crippen molar-refractivity contribution >= 4 is 12.6 Å². The van der Waals surface area contributed by atoms with Gasteiger partial charge in [0.15, 0.2) is 0 Å². The summed E-state index contributed by atoms with van der Waals surface area (Å²) in [6.07, 6.45) is 4.09. The summed E-state index contributed by atoms with van der Waals surface area (Å²) in [5.41, 5.74) is 1.24. The van der Waals surface area contributed by atoms with E-state index in [1.54, 1.807) is 0 Å². The Morgan fingerprint density at radius 2 is 2.33 bits per heavy atom. The van der Waals surface area contributed by atoms with Crippen LogP contribution in [0, 0.1) is 0 Å². The second kappa shape index (κ2) is 4.93. The van der Waals surface area contributed by atoms with E-state index in [4.69, 9.17) is 0 Å². The predicted octanol–water partition coefficient (Wildman–Crippen LogP) is 2.35. The lowest BCUT2D eigenvalue weighted by Crippen LogP contribution is -2.38. The molecule has 1 aliphatic rings. The summed E-state index contributed by atoms with van der Waals surface area (Å²) in [5, 5.41) is 0. The van der Waals surface area contributed by atoms with Crippen LogP contribution in [-0.4, -0.2) is 29.8 Å². The predicted molar refractivity (Wildman–Crippen MR) is 57.9 cm³/mol. The van der Waals surface area contributed by atoms with Gasteiger partial charge in [-0.2, -0.15) is 12.6 Å². The first-order chi connectivity index (χ1) is 5.74. The molecule has 0 bridgehead atoms. The topological polar surface area (TPSA) is 3.24 Å². The van der Waals surface area contributed by atoms with E-state index in [0.29, 0.717) is 0 Å². The minimum atomic E-state index is 0.746.